The summed E-state index contributed by atoms with van der Waals surface area (Å²) in [6.45, 7) is 0.722. The zero-order chi connectivity index (χ0) is 7.49. The first-order chi connectivity index (χ1) is 4.00. The maximum Gasteiger partial charge on any atom is 1.00 e. The summed E-state index contributed by atoms with van der Waals surface area (Å²) in [6, 6.07) is 0. The minimum atomic E-state index is -1.89. The predicted octanol–water partition coefficient (Wildman–Crippen LogP) is -5.13. The normalized spacial score (nSPS) is 15.1. The molecule has 1 atom stereocenters. The van der Waals surface area contributed by atoms with E-state index in [0.29, 0.717) is 0 Å². The Balaban J connectivity index is 0. The first kappa shape index (κ1) is 12.6. The Morgan fingerprint density at radius 3 is 2.20 bits per heavy atom. The van der Waals surface area contributed by atoms with Crippen molar-refractivity contribution in [2.24, 2.45) is 0 Å². The SMILES string of the molecule is CC(O)(CCO)C(=O)[O-].[Li+]. The van der Waals surface area contributed by atoms with Crippen molar-refractivity contribution < 1.29 is 39.0 Å². The van der Waals surface area contributed by atoms with E-state index in [1.165, 1.54) is 0 Å². The Bertz CT molecular complexity index is 112. The molecule has 1 unspecified atom stereocenters. The van der Waals surface area contributed by atoms with Gasteiger partial charge in [0.25, 0.3) is 0 Å². The Kier molecular flexibility index (Phi) is 6.01. The molecule has 0 radical (unpaired) electrons. The molecule has 0 saturated carbocycles. The minimum absolute atomic E-state index is 0. The molecule has 2 N–H and O–H groups in total. The Labute approximate surface area is 71.0 Å². The molecule has 0 aromatic heterocycles. The summed E-state index contributed by atoms with van der Waals surface area (Å²) >= 11 is 0. The second-order valence-electron chi connectivity index (χ2n) is 2.03. The summed E-state index contributed by atoms with van der Waals surface area (Å²) in [4.78, 5) is 9.94. The summed E-state index contributed by atoms with van der Waals surface area (Å²) in [7, 11) is 0. The Hall–Kier alpha value is -0.0126. The van der Waals surface area contributed by atoms with Crippen LogP contribution in [0.15, 0.2) is 0 Å². The topological polar surface area (TPSA) is 80.6 Å². The Morgan fingerprint density at radius 2 is 2.10 bits per heavy atom. The van der Waals surface area contributed by atoms with E-state index >= 15 is 0 Å². The summed E-state index contributed by atoms with van der Waals surface area (Å²) in [5.41, 5.74) is -1.89. The monoisotopic (exact) mass is 140 g/mol. The van der Waals surface area contributed by atoms with Crippen LogP contribution in [-0.2, 0) is 4.79 Å². The van der Waals surface area contributed by atoms with Crippen molar-refractivity contribution in [3.63, 3.8) is 0 Å². The van der Waals surface area contributed by atoms with Crippen molar-refractivity contribution in [1.29, 1.82) is 0 Å². The van der Waals surface area contributed by atoms with Gasteiger partial charge in [0.1, 0.15) is 5.60 Å². The quantitative estimate of drug-likeness (QED) is 0.384. The average Bonchev–Trinajstić information content (AvgIpc) is 1.65. The standard InChI is InChI=1S/C5H10O4.Li/c1-5(9,2-3-6)4(7)8;/h6,9H,2-3H2,1H3,(H,7,8);/q;+1/p-1. The van der Waals surface area contributed by atoms with Crippen LogP contribution in [0.1, 0.15) is 13.3 Å². The van der Waals surface area contributed by atoms with Crippen molar-refractivity contribution in [1.82, 2.24) is 0 Å². The van der Waals surface area contributed by atoms with E-state index in [4.69, 9.17) is 10.2 Å². The summed E-state index contributed by atoms with van der Waals surface area (Å²) in [6.07, 6.45) is -0.199. The summed E-state index contributed by atoms with van der Waals surface area (Å²) in [5.74, 6) is -1.56. The van der Waals surface area contributed by atoms with E-state index in [1.54, 1.807) is 0 Å². The van der Waals surface area contributed by atoms with Crippen molar-refractivity contribution in [3.05, 3.63) is 0 Å². The molecule has 0 amide bonds. The van der Waals surface area contributed by atoms with E-state index in [2.05, 4.69) is 0 Å². The molecule has 0 spiro atoms. The number of aliphatic hydroxyl groups is 2. The zero-order valence-electron chi connectivity index (χ0n) is 6.13. The van der Waals surface area contributed by atoms with Gasteiger partial charge in [-0.05, 0) is 6.92 Å². The van der Waals surface area contributed by atoms with E-state index in [1.807, 2.05) is 0 Å². The molecule has 0 aromatic carbocycles. The predicted molar refractivity (Wildman–Crippen MR) is 27.3 cm³/mol. The first-order valence-electron chi connectivity index (χ1n) is 2.55. The van der Waals surface area contributed by atoms with Gasteiger partial charge in [-0.15, -0.1) is 0 Å². The molecule has 0 aromatic rings. The van der Waals surface area contributed by atoms with Crippen LogP contribution >= 0.6 is 0 Å². The number of carbonyl (C=O) groups excluding carboxylic acids is 1. The Morgan fingerprint density at radius 1 is 1.70 bits per heavy atom. The zero-order valence-corrected chi connectivity index (χ0v) is 6.13. The van der Waals surface area contributed by atoms with Crippen molar-refractivity contribution in [2.45, 2.75) is 18.9 Å². The first-order valence-corrected chi connectivity index (χ1v) is 2.55. The van der Waals surface area contributed by atoms with Crippen molar-refractivity contribution in [3.8, 4) is 0 Å². The number of hydrogen-bond donors (Lipinski definition) is 2. The van der Waals surface area contributed by atoms with Crippen LogP contribution in [0.25, 0.3) is 0 Å². The number of aliphatic hydroxyl groups excluding tert-OH is 1. The van der Waals surface area contributed by atoms with Crippen molar-refractivity contribution >= 4 is 5.97 Å². The van der Waals surface area contributed by atoms with Crippen LogP contribution < -0.4 is 24.0 Å². The van der Waals surface area contributed by atoms with Gasteiger partial charge >= 0.3 is 18.9 Å². The van der Waals surface area contributed by atoms with Crippen LogP contribution in [0.2, 0.25) is 0 Å². The van der Waals surface area contributed by atoms with Crippen LogP contribution in [0.4, 0.5) is 0 Å². The fourth-order valence-corrected chi connectivity index (χ4v) is 0.320. The number of carbonyl (C=O) groups is 1. The molecule has 0 saturated heterocycles. The molecular weight excluding hydrogens is 131 g/mol. The van der Waals surface area contributed by atoms with E-state index in [-0.39, 0.29) is 31.9 Å². The summed E-state index contributed by atoms with van der Waals surface area (Å²) in [5, 5.41) is 26.9. The van der Waals surface area contributed by atoms with Crippen LogP contribution in [0.3, 0.4) is 0 Å². The van der Waals surface area contributed by atoms with Crippen LogP contribution in [0, 0.1) is 0 Å². The number of rotatable bonds is 3. The molecule has 54 valence electrons. The van der Waals surface area contributed by atoms with Gasteiger partial charge in [-0.1, -0.05) is 0 Å². The number of aliphatic carboxylic acids is 1. The van der Waals surface area contributed by atoms with Crippen LogP contribution in [-0.4, -0.2) is 28.4 Å². The second-order valence-corrected chi connectivity index (χ2v) is 2.03. The molecular formula is C5H9LiO4. The van der Waals surface area contributed by atoms with E-state index < -0.39 is 11.6 Å². The minimum Gasteiger partial charge on any atom is -0.547 e. The molecule has 0 aliphatic rings. The number of carboxylic acids is 1. The van der Waals surface area contributed by atoms with Gasteiger partial charge in [0.15, 0.2) is 0 Å². The molecule has 10 heavy (non-hydrogen) atoms. The molecule has 0 heterocycles. The van der Waals surface area contributed by atoms with Gasteiger partial charge in [0.2, 0.25) is 0 Å². The third-order valence-electron chi connectivity index (χ3n) is 1.04. The van der Waals surface area contributed by atoms with Gasteiger partial charge in [-0.25, -0.2) is 0 Å². The summed E-state index contributed by atoms with van der Waals surface area (Å²) < 4.78 is 0. The number of hydrogen-bond acceptors (Lipinski definition) is 4. The van der Waals surface area contributed by atoms with Gasteiger partial charge in [0.05, 0.1) is 5.97 Å². The van der Waals surface area contributed by atoms with Crippen molar-refractivity contribution in [2.75, 3.05) is 6.61 Å². The average molecular weight is 140 g/mol. The fraction of sp³-hybridized carbons (Fsp3) is 0.800. The third-order valence-corrected chi connectivity index (χ3v) is 1.04. The maximum atomic E-state index is 9.94. The molecule has 0 rings (SSSR count). The smallest absolute Gasteiger partial charge is 0.547 e. The molecule has 0 bridgehead atoms. The van der Waals surface area contributed by atoms with Gasteiger partial charge < -0.3 is 20.1 Å². The number of carboxylic acid groups (broad SMARTS) is 1. The molecule has 0 aliphatic carbocycles. The molecule has 5 heteroatoms. The molecule has 0 fully saturated rings. The third kappa shape index (κ3) is 3.91. The van der Waals surface area contributed by atoms with E-state index in [0.717, 1.165) is 6.92 Å². The molecule has 0 aliphatic heterocycles. The van der Waals surface area contributed by atoms with Crippen LogP contribution in [0.5, 0.6) is 0 Å². The molecule has 4 nitrogen and oxygen atoms in total. The van der Waals surface area contributed by atoms with Gasteiger partial charge in [0, 0.05) is 13.0 Å². The fourth-order valence-electron chi connectivity index (χ4n) is 0.320. The largest absolute Gasteiger partial charge is 1.00 e. The second kappa shape index (κ2) is 4.75. The van der Waals surface area contributed by atoms with Gasteiger partial charge in [-0.3, -0.25) is 0 Å². The van der Waals surface area contributed by atoms with E-state index in [9.17, 15) is 9.90 Å². The maximum absolute atomic E-state index is 9.94. The van der Waals surface area contributed by atoms with Gasteiger partial charge in [-0.2, -0.15) is 0 Å².